The normalized spacial score (nSPS) is 17.8. The molecule has 3 nitrogen and oxygen atoms in total. The summed E-state index contributed by atoms with van der Waals surface area (Å²) in [5, 5.41) is 0.301. The molecule has 0 atom stereocenters. The lowest BCUT2D eigenvalue weighted by molar-refractivity contribution is 0.205. The summed E-state index contributed by atoms with van der Waals surface area (Å²) in [5.74, 6) is 1.78. The number of piperidine rings is 1. The Bertz CT molecular complexity index is 476. The number of pyridine rings is 1. The van der Waals surface area contributed by atoms with E-state index >= 15 is 0 Å². The van der Waals surface area contributed by atoms with Gasteiger partial charge in [0.25, 0.3) is 0 Å². The van der Waals surface area contributed by atoms with Gasteiger partial charge in [0.05, 0.1) is 0 Å². The summed E-state index contributed by atoms with van der Waals surface area (Å²) in [6.07, 6.45) is 4.28. The van der Waals surface area contributed by atoms with Gasteiger partial charge in [-0.2, -0.15) is 0 Å². The first-order chi connectivity index (χ1) is 10.2. The Morgan fingerprint density at radius 2 is 1.91 bits per heavy atom. The molecule has 1 aromatic heterocycles. The minimum atomic E-state index is -1.61. The molecule has 1 saturated heterocycles. The molecule has 0 spiro atoms. The van der Waals surface area contributed by atoms with Crippen molar-refractivity contribution in [3.8, 4) is 0 Å². The fourth-order valence-corrected chi connectivity index (χ4v) is 3.75. The molecule has 0 radical (unpaired) electrons. The third-order valence-corrected chi connectivity index (χ3v) is 10.1. The van der Waals surface area contributed by atoms with E-state index in [4.69, 9.17) is 4.43 Å². The van der Waals surface area contributed by atoms with Crippen molar-refractivity contribution in [2.45, 2.75) is 51.7 Å². The van der Waals surface area contributed by atoms with Crippen molar-refractivity contribution in [1.29, 1.82) is 0 Å². The predicted molar refractivity (Wildman–Crippen MR) is 100 cm³/mol. The summed E-state index contributed by atoms with van der Waals surface area (Å²) in [4.78, 5) is 6.88. The van der Waals surface area contributed by atoms with Crippen LogP contribution in [0.5, 0.6) is 0 Å². The van der Waals surface area contributed by atoms with E-state index < -0.39 is 8.32 Å². The van der Waals surface area contributed by atoms with Crippen LogP contribution in [0, 0.1) is 5.92 Å². The molecule has 0 amide bonds. The van der Waals surface area contributed by atoms with E-state index in [0.717, 1.165) is 30.0 Å². The Balaban J connectivity index is 1.81. The molecule has 1 aliphatic heterocycles. The summed E-state index contributed by atoms with van der Waals surface area (Å²) in [6.45, 7) is 14.7. The third kappa shape index (κ3) is 4.55. The molecule has 0 N–H and O–H groups in total. The highest BCUT2D eigenvalue weighted by molar-refractivity contribution is 9.10. The summed E-state index contributed by atoms with van der Waals surface area (Å²) in [5.41, 5.74) is 0. The monoisotopic (exact) mass is 384 g/mol. The van der Waals surface area contributed by atoms with Crippen LogP contribution in [-0.2, 0) is 4.43 Å². The minimum absolute atomic E-state index is 0.301. The molecule has 0 aliphatic carbocycles. The standard InChI is InChI=1S/C17H29BrN2OSi/c1-17(2,3)22(4,5)21-13-14-8-10-20(11-9-14)16-7-6-15(18)12-19-16/h6-7,12,14H,8-11,13H2,1-5H3. The SMILES string of the molecule is CC(C)(C)[Si](C)(C)OCC1CCN(c2ccc(Br)cn2)CC1. The summed E-state index contributed by atoms with van der Waals surface area (Å²) in [6, 6.07) is 4.16. The number of hydrogen-bond donors (Lipinski definition) is 0. The van der Waals surface area contributed by atoms with Crippen molar-refractivity contribution < 1.29 is 4.43 Å². The Kier molecular flexibility index (Phi) is 5.72. The fraction of sp³-hybridized carbons (Fsp3) is 0.706. The molecule has 2 rings (SSSR count). The van der Waals surface area contributed by atoms with E-state index in [2.05, 4.69) is 71.8 Å². The minimum Gasteiger partial charge on any atom is -0.417 e. The fourth-order valence-electron chi connectivity index (χ4n) is 2.43. The van der Waals surface area contributed by atoms with Gasteiger partial charge in [0.1, 0.15) is 5.82 Å². The van der Waals surface area contributed by atoms with Crippen LogP contribution in [0.1, 0.15) is 33.6 Å². The molecule has 0 saturated carbocycles. The van der Waals surface area contributed by atoms with Gasteiger partial charge in [-0.1, -0.05) is 20.8 Å². The zero-order chi connectivity index (χ0) is 16.4. The van der Waals surface area contributed by atoms with Crippen LogP contribution < -0.4 is 4.90 Å². The highest BCUT2D eigenvalue weighted by atomic mass is 79.9. The van der Waals surface area contributed by atoms with Gasteiger partial charge >= 0.3 is 0 Å². The zero-order valence-corrected chi connectivity index (χ0v) is 17.1. The maximum atomic E-state index is 6.39. The molecule has 1 aliphatic rings. The zero-order valence-electron chi connectivity index (χ0n) is 14.5. The molecule has 0 aromatic carbocycles. The number of rotatable bonds is 4. The van der Waals surface area contributed by atoms with Crippen LogP contribution in [0.25, 0.3) is 0 Å². The molecular weight excluding hydrogens is 356 g/mol. The smallest absolute Gasteiger partial charge is 0.191 e. The van der Waals surface area contributed by atoms with Gasteiger partial charge < -0.3 is 9.33 Å². The van der Waals surface area contributed by atoms with Crippen LogP contribution in [0.15, 0.2) is 22.8 Å². The van der Waals surface area contributed by atoms with Gasteiger partial charge in [-0.05, 0) is 65.0 Å². The first-order valence-electron chi connectivity index (χ1n) is 8.19. The third-order valence-electron chi connectivity index (χ3n) is 5.14. The Morgan fingerprint density at radius 3 is 2.41 bits per heavy atom. The van der Waals surface area contributed by atoms with Crippen molar-refractivity contribution in [2.24, 2.45) is 5.92 Å². The van der Waals surface area contributed by atoms with Crippen molar-refractivity contribution in [1.82, 2.24) is 4.98 Å². The molecule has 22 heavy (non-hydrogen) atoms. The van der Waals surface area contributed by atoms with Gasteiger partial charge in [0.2, 0.25) is 0 Å². The molecule has 0 bridgehead atoms. The van der Waals surface area contributed by atoms with E-state index in [1.165, 1.54) is 12.8 Å². The summed E-state index contributed by atoms with van der Waals surface area (Å²) < 4.78 is 7.42. The first kappa shape index (κ1) is 18.0. The Labute approximate surface area is 144 Å². The predicted octanol–water partition coefficient (Wildman–Crippen LogP) is 5.08. The molecule has 1 aromatic rings. The average Bonchev–Trinajstić information content (AvgIpc) is 2.45. The van der Waals surface area contributed by atoms with Crippen LogP contribution >= 0.6 is 15.9 Å². The molecule has 0 unspecified atom stereocenters. The highest BCUT2D eigenvalue weighted by Gasteiger charge is 2.37. The van der Waals surface area contributed by atoms with Gasteiger partial charge in [-0.3, -0.25) is 0 Å². The van der Waals surface area contributed by atoms with E-state index in [0.29, 0.717) is 11.0 Å². The number of hydrogen-bond acceptors (Lipinski definition) is 3. The van der Waals surface area contributed by atoms with Crippen molar-refractivity contribution >= 4 is 30.1 Å². The van der Waals surface area contributed by atoms with E-state index in [1.54, 1.807) is 0 Å². The second-order valence-electron chi connectivity index (χ2n) is 7.84. The number of halogens is 1. The summed E-state index contributed by atoms with van der Waals surface area (Å²) >= 11 is 3.44. The van der Waals surface area contributed by atoms with Crippen molar-refractivity contribution in [3.05, 3.63) is 22.8 Å². The largest absolute Gasteiger partial charge is 0.417 e. The van der Waals surface area contributed by atoms with Gasteiger partial charge in [0, 0.05) is 30.4 Å². The van der Waals surface area contributed by atoms with E-state index in [-0.39, 0.29) is 0 Å². The lowest BCUT2D eigenvalue weighted by Crippen LogP contribution is -2.43. The second kappa shape index (κ2) is 7.01. The molecule has 2 heterocycles. The number of aromatic nitrogens is 1. The van der Waals surface area contributed by atoms with Crippen molar-refractivity contribution in [2.75, 3.05) is 24.6 Å². The lowest BCUT2D eigenvalue weighted by atomic mass is 9.98. The van der Waals surface area contributed by atoms with E-state index in [9.17, 15) is 0 Å². The lowest BCUT2D eigenvalue weighted by Gasteiger charge is -2.39. The van der Waals surface area contributed by atoms with Gasteiger partial charge in [0.15, 0.2) is 8.32 Å². The van der Waals surface area contributed by atoms with Crippen LogP contribution in [0.4, 0.5) is 5.82 Å². The molecule has 1 fully saturated rings. The maximum absolute atomic E-state index is 6.39. The quantitative estimate of drug-likeness (QED) is 0.676. The topological polar surface area (TPSA) is 25.4 Å². The number of anilines is 1. The van der Waals surface area contributed by atoms with Crippen LogP contribution in [-0.4, -0.2) is 33.0 Å². The van der Waals surface area contributed by atoms with Crippen LogP contribution in [0.3, 0.4) is 0 Å². The second-order valence-corrected chi connectivity index (χ2v) is 13.6. The first-order valence-corrected chi connectivity index (χ1v) is 11.9. The van der Waals surface area contributed by atoms with Gasteiger partial charge in [-0.15, -0.1) is 0 Å². The van der Waals surface area contributed by atoms with Crippen molar-refractivity contribution in [3.63, 3.8) is 0 Å². The molecular formula is C17H29BrN2OSi. The molecule has 5 heteroatoms. The maximum Gasteiger partial charge on any atom is 0.191 e. The Hall–Kier alpha value is -0.393. The molecule has 124 valence electrons. The summed E-state index contributed by atoms with van der Waals surface area (Å²) in [7, 11) is -1.61. The average molecular weight is 385 g/mol. The number of nitrogens with zero attached hydrogens (tertiary/aromatic N) is 2. The highest BCUT2D eigenvalue weighted by Crippen LogP contribution is 2.37. The van der Waals surface area contributed by atoms with Gasteiger partial charge in [-0.25, -0.2) is 4.98 Å². The van der Waals surface area contributed by atoms with E-state index in [1.807, 2.05) is 6.20 Å². The van der Waals surface area contributed by atoms with Crippen LogP contribution in [0.2, 0.25) is 18.1 Å². The Morgan fingerprint density at radius 1 is 1.27 bits per heavy atom.